The third kappa shape index (κ3) is 4.75. The molecule has 0 atom stereocenters. The Bertz CT molecular complexity index is 1790. The summed E-state index contributed by atoms with van der Waals surface area (Å²) in [5, 5.41) is 8.45. The molecule has 1 saturated heterocycles. The van der Waals surface area contributed by atoms with Crippen LogP contribution < -0.4 is 14.4 Å². The van der Waals surface area contributed by atoms with Crippen molar-refractivity contribution in [2.75, 3.05) is 25.1 Å². The van der Waals surface area contributed by atoms with Gasteiger partial charge >= 0.3 is 0 Å². The third-order valence-corrected chi connectivity index (χ3v) is 8.25. The van der Waals surface area contributed by atoms with Crippen LogP contribution in [0.3, 0.4) is 0 Å². The molecule has 0 amide bonds. The van der Waals surface area contributed by atoms with Gasteiger partial charge in [0.2, 0.25) is 0 Å². The highest BCUT2D eigenvalue weighted by Gasteiger charge is 2.23. The number of ether oxygens (including phenoxy) is 2. The molecular weight excluding hydrogens is 524 g/mol. The fourth-order valence-corrected chi connectivity index (χ4v) is 6.05. The lowest BCUT2D eigenvalue weighted by molar-refractivity contribution is 0.303. The number of hydrogen-bond donors (Lipinski definition) is 0. The fourth-order valence-electron chi connectivity index (χ4n) is 5.19. The lowest BCUT2D eigenvalue weighted by Gasteiger charge is -2.31. The summed E-state index contributed by atoms with van der Waals surface area (Å²) in [4.78, 5) is 16.5. The molecule has 0 N–H and O–H groups in total. The Balaban J connectivity index is 1.07. The number of rotatable bonds is 7. The zero-order chi connectivity index (χ0) is 27.1. The fraction of sp³-hybridized carbons (Fsp3) is 0.267. The second kappa shape index (κ2) is 10.3. The molecule has 6 heterocycles. The number of fused-ring (bicyclic) bond motifs is 2. The van der Waals surface area contributed by atoms with Crippen LogP contribution in [0.4, 0.5) is 5.13 Å². The minimum absolute atomic E-state index is 0.348. The van der Waals surface area contributed by atoms with E-state index in [1.807, 2.05) is 55.7 Å². The van der Waals surface area contributed by atoms with E-state index in [9.17, 15) is 0 Å². The molecular formula is C30H28N6O3S. The summed E-state index contributed by atoms with van der Waals surface area (Å²) in [5.74, 6) is 2.48. The number of benzene rings is 1. The average molecular weight is 553 g/mol. The topological polar surface area (TPSA) is 90.8 Å². The van der Waals surface area contributed by atoms with E-state index in [1.165, 1.54) is 5.69 Å². The first kappa shape index (κ1) is 24.6. The predicted molar refractivity (Wildman–Crippen MR) is 154 cm³/mol. The third-order valence-electron chi connectivity index (χ3n) is 7.30. The number of pyridine rings is 1. The summed E-state index contributed by atoms with van der Waals surface area (Å²) in [6.07, 6.45) is 5.91. The number of piperidine rings is 1. The highest BCUT2D eigenvalue weighted by molar-refractivity contribution is 7.13. The second-order valence-electron chi connectivity index (χ2n) is 9.98. The first-order chi connectivity index (χ1) is 19.6. The summed E-state index contributed by atoms with van der Waals surface area (Å²) in [6.45, 7) is 4.25. The molecule has 1 aliphatic rings. The minimum Gasteiger partial charge on any atom is -0.496 e. The number of furan rings is 1. The number of anilines is 1. The van der Waals surface area contributed by atoms with Gasteiger partial charge in [-0.15, -0.1) is 11.3 Å². The van der Waals surface area contributed by atoms with Gasteiger partial charge in [0.05, 0.1) is 30.1 Å². The maximum absolute atomic E-state index is 6.29. The molecule has 0 aliphatic carbocycles. The molecule has 6 aromatic rings. The van der Waals surface area contributed by atoms with Crippen molar-refractivity contribution in [3.63, 3.8) is 0 Å². The number of nitrogens with zero attached hydrogens (tertiary/aromatic N) is 6. The van der Waals surface area contributed by atoms with Gasteiger partial charge in [-0.3, -0.25) is 4.98 Å². The molecule has 1 aromatic carbocycles. The highest BCUT2D eigenvalue weighted by Crippen LogP contribution is 2.37. The van der Waals surface area contributed by atoms with Gasteiger partial charge in [-0.2, -0.15) is 5.10 Å². The van der Waals surface area contributed by atoms with Crippen LogP contribution in [0.1, 0.15) is 35.8 Å². The minimum atomic E-state index is 0.348. The van der Waals surface area contributed by atoms with Crippen molar-refractivity contribution >= 4 is 33.1 Å². The lowest BCUT2D eigenvalue weighted by Crippen LogP contribution is -2.33. The van der Waals surface area contributed by atoms with Crippen LogP contribution in [0.15, 0.2) is 70.7 Å². The van der Waals surface area contributed by atoms with Gasteiger partial charge in [-0.05, 0) is 50.1 Å². The van der Waals surface area contributed by atoms with Crippen molar-refractivity contribution in [1.82, 2.24) is 24.6 Å². The molecule has 202 valence electrons. The first-order valence-electron chi connectivity index (χ1n) is 13.3. The van der Waals surface area contributed by atoms with Gasteiger partial charge < -0.3 is 18.8 Å². The van der Waals surface area contributed by atoms with E-state index in [0.717, 1.165) is 53.5 Å². The predicted octanol–water partition coefficient (Wildman–Crippen LogP) is 6.27. The first-order valence-corrected chi connectivity index (χ1v) is 14.2. The van der Waals surface area contributed by atoms with Crippen molar-refractivity contribution in [1.29, 1.82) is 0 Å². The Hall–Kier alpha value is -4.44. The molecule has 9 nitrogen and oxygen atoms in total. The number of imidazole rings is 1. The Morgan fingerprint density at radius 3 is 2.80 bits per heavy atom. The molecule has 1 aliphatic heterocycles. The zero-order valence-electron chi connectivity index (χ0n) is 22.3. The number of thiazole rings is 1. The smallest absolute Gasteiger partial charge is 0.185 e. The zero-order valence-corrected chi connectivity index (χ0v) is 23.1. The van der Waals surface area contributed by atoms with E-state index in [2.05, 4.69) is 37.5 Å². The van der Waals surface area contributed by atoms with Gasteiger partial charge in [-0.1, -0.05) is 6.07 Å². The van der Waals surface area contributed by atoms with Crippen molar-refractivity contribution in [2.24, 2.45) is 0 Å². The van der Waals surface area contributed by atoms with Crippen LogP contribution in [-0.4, -0.2) is 44.8 Å². The van der Waals surface area contributed by atoms with E-state index < -0.39 is 0 Å². The van der Waals surface area contributed by atoms with Crippen molar-refractivity contribution in [2.45, 2.75) is 32.3 Å². The summed E-state index contributed by atoms with van der Waals surface area (Å²) in [5.41, 5.74) is 5.13. The van der Waals surface area contributed by atoms with E-state index in [4.69, 9.17) is 18.9 Å². The van der Waals surface area contributed by atoms with Gasteiger partial charge in [0.15, 0.2) is 16.5 Å². The maximum atomic E-state index is 6.29. The largest absolute Gasteiger partial charge is 0.496 e. The average Bonchev–Trinajstić information content (AvgIpc) is 3.74. The van der Waals surface area contributed by atoms with Crippen LogP contribution in [0.2, 0.25) is 0 Å². The molecule has 1 fully saturated rings. The summed E-state index contributed by atoms with van der Waals surface area (Å²) >= 11 is 1.66. The highest BCUT2D eigenvalue weighted by atomic mass is 32.1. The second-order valence-corrected chi connectivity index (χ2v) is 10.8. The van der Waals surface area contributed by atoms with Crippen molar-refractivity contribution in [3.05, 3.63) is 83.4 Å². The van der Waals surface area contributed by atoms with E-state index >= 15 is 0 Å². The molecule has 10 heteroatoms. The SMILES string of the molecule is COc1cc(OCc2csc(N3CCC(c4ccccn4)CC3)n2)c2cc(-c3cn4nc(C)ccc4n3)oc2c1. The summed E-state index contributed by atoms with van der Waals surface area (Å²) < 4.78 is 19.8. The van der Waals surface area contributed by atoms with Gasteiger partial charge in [-0.25, -0.2) is 14.5 Å². The van der Waals surface area contributed by atoms with Crippen molar-refractivity contribution in [3.8, 4) is 23.0 Å². The number of hydrogen-bond acceptors (Lipinski definition) is 9. The number of methoxy groups -OCH3 is 1. The van der Waals surface area contributed by atoms with Crippen molar-refractivity contribution < 1.29 is 13.9 Å². The Morgan fingerprint density at radius 1 is 1.07 bits per heavy atom. The van der Waals surface area contributed by atoms with Crippen LogP contribution in [-0.2, 0) is 6.61 Å². The summed E-state index contributed by atoms with van der Waals surface area (Å²) in [6, 6.07) is 15.8. The number of aryl methyl sites for hydroxylation is 1. The summed E-state index contributed by atoms with van der Waals surface area (Å²) in [7, 11) is 1.63. The molecule has 0 bridgehead atoms. The van der Waals surface area contributed by atoms with Gasteiger partial charge in [0, 0.05) is 48.4 Å². The maximum Gasteiger partial charge on any atom is 0.185 e. The monoisotopic (exact) mass is 552 g/mol. The van der Waals surface area contributed by atoms with Crippen LogP contribution in [0.5, 0.6) is 11.5 Å². The van der Waals surface area contributed by atoms with Gasteiger partial charge in [0.1, 0.15) is 29.4 Å². The lowest BCUT2D eigenvalue weighted by atomic mass is 9.93. The molecule has 0 radical (unpaired) electrons. The van der Waals surface area contributed by atoms with E-state index in [1.54, 1.807) is 23.0 Å². The molecule has 40 heavy (non-hydrogen) atoms. The van der Waals surface area contributed by atoms with Crippen LogP contribution in [0, 0.1) is 6.92 Å². The quantitative estimate of drug-likeness (QED) is 0.229. The molecule has 0 unspecified atom stereocenters. The normalized spacial score (nSPS) is 14.3. The van der Waals surface area contributed by atoms with Crippen LogP contribution >= 0.6 is 11.3 Å². The van der Waals surface area contributed by atoms with E-state index in [-0.39, 0.29) is 0 Å². The Morgan fingerprint density at radius 2 is 1.98 bits per heavy atom. The van der Waals surface area contributed by atoms with Crippen LogP contribution in [0.25, 0.3) is 28.1 Å². The number of aromatic nitrogens is 5. The standard InChI is InChI=1S/C30H28N6O3S/c1-19-6-7-29-33-25(16-36(29)34-19)28-15-23-26(13-22(37-2)14-27(23)39-28)38-17-21-18-40-30(32-21)35-11-8-20(9-12-35)24-5-3-4-10-31-24/h3-7,10,13-16,18,20H,8-9,11-12,17H2,1-2H3. The molecule has 0 saturated carbocycles. The Labute approximate surface area is 235 Å². The molecule has 0 spiro atoms. The Kier molecular flexibility index (Phi) is 6.31. The van der Waals surface area contributed by atoms with Gasteiger partial charge in [0.25, 0.3) is 0 Å². The van der Waals surface area contributed by atoms with E-state index in [0.29, 0.717) is 41.1 Å². The molecule has 7 rings (SSSR count). The molecule has 5 aromatic heterocycles.